The van der Waals surface area contributed by atoms with Gasteiger partial charge >= 0.3 is 23.9 Å². The van der Waals surface area contributed by atoms with Crippen molar-refractivity contribution in [3.63, 3.8) is 0 Å². The number of esters is 3. The number of carboxylic acid groups (broad SMARTS) is 1. The lowest BCUT2D eigenvalue weighted by atomic mass is 9.98. The summed E-state index contributed by atoms with van der Waals surface area (Å²) in [6.07, 6.45) is 61.9. The Kier molecular flexibility index (Phi) is 49.1. The minimum atomic E-state index is -1.93. The van der Waals surface area contributed by atoms with Crippen LogP contribution in [0.15, 0.2) is 122 Å². The fourth-order valence-electron chi connectivity index (χ4n) is 8.43. The maximum atomic E-state index is 13.1. The minimum Gasteiger partial charge on any atom is -0.479 e. The molecular weight excluding hydrogens is 997 g/mol. The van der Waals surface area contributed by atoms with E-state index in [-0.39, 0.29) is 25.9 Å². The predicted octanol–water partition coefficient (Wildman–Crippen LogP) is 16.0. The molecule has 0 aromatic heterocycles. The Morgan fingerprint density at radius 1 is 0.443 bits per heavy atom. The molecule has 0 spiro atoms. The third-order valence-electron chi connectivity index (χ3n) is 13.0. The molecule has 0 bridgehead atoms. The molecule has 6 atom stereocenters. The lowest BCUT2D eigenvalue weighted by Gasteiger charge is -2.40. The highest BCUT2D eigenvalue weighted by atomic mass is 16.7. The molecule has 0 aromatic rings. The second-order valence-electron chi connectivity index (χ2n) is 20.2. The quantitative estimate of drug-likeness (QED) is 0.0228. The van der Waals surface area contributed by atoms with E-state index in [0.29, 0.717) is 19.3 Å². The Morgan fingerprint density at radius 2 is 0.835 bits per heavy atom. The fraction of sp³-hybridized carbons (Fsp3) is 0.642. The zero-order valence-corrected chi connectivity index (χ0v) is 49.1. The van der Waals surface area contributed by atoms with Crippen molar-refractivity contribution < 1.29 is 58.2 Å². The van der Waals surface area contributed by atoms with Crippen molar-refractivity contribution in [1.82, 2.24) is 0 Å². The zero-order chi connectivity index (χ0) is 57.5. The third kappa shape index (κ3) is 43.6. The molecule has 0 amide bonds. The first-order valence-electron chi connectivity index (χ1n) is 30.5. The van der Waals surface area contributed by atoms with Crippen LogP contribution in [0.2, 0.25) is 0 Å². The van der Waals surface area contributed by atoms with Crippen molar-refractivity contribution in [1.29, 1.82) is 0 Å². The largest absolute Gasteiger partial charge is 0.479 e. The second-order valence-corrected chi connectivity index (χ2v) is 20.2. The van der Waals surface area contributed by atoms with Crippen LogP contribution in [0, 0.1) is 0 Å². The van der Waals surface area contributed by atoms with Gasteiger partial charge in [0, 0.05) is 12.8 Å². The van der Waals surface area contributed by atoms with Gasteiger partial charge in [-0.25, -0.2) is 4.79 Å². The highest BCUT2D eigenvalue weighted by Gasteiger charge is 2.50. The maximum Gasteiger partial charge on any atom is 0.335 e. The zero-order valence-electron chi connectivity index (χ0n) is 49.1. The summed E-state index contributed by atoms with van der Waals surface area (Å²) in [7, 11) is 0. The van der Waals surface area contributed by atoms with Crippen molar-refractivity contribution in [2.45, 2.75) is 263 Å². The molecule has 1 fully saturated rings. The van der Waals surface area contributed by atoms with Gasteiger partial charge in [-0.2, -0.15) is 0 Å². The van der Waals surface area contributed by atoms with E-state index in [2.05, 4.69) is 118 Å². The number of unbranched alkanes of at least 4 members (excludes halogenated alkanes) is 17. The average Bonchev–Trinajstić information content (AvgIpc) is 3.46. The third-order valence-corrected chi connectivity index (χ3v) is 13.0. The topological polar surface area (TPSA) is 175 Å². The van der Waals surface area contributed by atoms with Gasteiger partial charge in [0.1, 0.15) is 18.8 Å². The van der Waals surface area contributed by atoms with Crippen molar-refractivity contribution in [2.24, 2.45) is 0 Å². The number of carbonyl (C=O) groups excluding carboxylic acids is 3. The molecule has 79 heavy (non-hydrogen) atoms. The molecular formula is C67H106O12. The number of hydrogen-bond acceptors (Lipinski definition) is 11. The normalized spacial score (nSPS) is 18.7. The van der Waals surface area contributed by atoms with Crippen LogP contribution in [0.25, 0.3) is 0 Å². The molecule has 0 aromatic carbocycles. The van der Waals surface area contributed by atoms with Gasteiger partial charge in [-0.1, -0.05) is 219 Å². The Bertz CT molecular complexity index is 1840. The van der Waals surface area contributed by atoms with Gasteiger partial charge in [0.05, 0.1) is 13.0 Å². The Morgan fingerprint density at radius 3 is 1.28 bits per heavy atom. The number of carboxylic acids is 1. The van der Waals surface area contributed by atoms with Crippen LogP contribution in [0.5, 0.6) is 0 Å². The molecule has 12 nitrogen and oxygen atoms in total. The van der Waals surface area contributed by atoms with Crippen molar-refractivity contribution in [3.8, 4) is 0 Å². The summed E-state index contributed by atoms with van der Waals surface area (Å²) in [6.45, 7) is 5.65. The molecule has 6 unspecified atom stereocenters. The number of aliphatic hydroxyl groups is 2. The average molecular weight is 1100 g/mol. The van der Waals surface area contributed by atoms with Gasteiger partial charge in [-0.3, -0.25) is 14.4 Å². The van der Waals surface area contributed by atoms with Crippen LogP contribution >= 0.6 is 0 Å². The fourth-order valence-corrected chi connectivity index (χ4v) is 8.43. The first-order chi connectivity index (χ1) is 38.6. The lowest BCUT2D eigenvalue weighted by Crippen LogP contribution is -2.61. The highest BCUT2D eigenvalue weighted by Crippen LogP contribution is 2.26. The molecule has 1 rings (SSSR count). The summed E-state index contributed by atoms with van der Waals surface area (Å²) in [4.78, 5) is 51.2. The summed E-state index contributed by atoms with van der Waals surface area (Å²) in [6, 6.07) is 0. The van der Waals surface area contributed by atoms with Crippen LogP contribution in [-0.2, 0) is 42.9 Å². The van der Waals surface area contributed by atoms with Crippen molar-refractivity contribution in [2.75, 3.05) is 13.2 Å². The SMILES string of the molecule is CC/C=C\C/C=C\C/C=C\C/C=C\C/C=C\CC(=O)OC(COC(=O)CCCCCCCCC/C=C\C/C=C\C/C=C\CC)COC1OC(C(=O)O)C(O)C(O)C1OC(=O)CCCCCCCCC/C=C\C/C=C\CCCCC. The molecule has 1 heterocycles. The number of aliphatic hydroxyl groups excluding tert-OH is 2. The molecule has 12 heteroatoms. The number of ether oxygens (including phenoxy) is 5. The van der Waals surface area contributed by atoms with Crippen LogP contribution in [0.1, 0.15) is 226 Å². The van der Waals surface area contributed by atoms with Crippen LogP contribution in [0.4, 0.5) is 0 Å². The maximum absolute atomic E-state index is 13.1. The Labute approximate surface area is 478 Å². The van der Waals surface area contributed by atoms with E-state index in [1.54, 1.807) is 6.08 Å². The van der Waals surface area contributed by atoms with Gasteiger partial charge in [0.2, 0.25) is 0 Å². The van der Waals surface area contributed by atoms with Gasteiger partial charge < -0.3 is 39.0 Å². The smallest absolute Gasteiger partial charge is 0.335 e. The summed E-state index contributed by atoms with van der Waals surface area (Å²) >= 11 is 0. The van der Waals surface area contributed by atoms with E-state index in [1.807, 2.05) is 18.2 Å². The highest BCUT2D eigenvalue weighted by molar-refractivity contribution is 5.74. The molecule has 1 aliphatic rings. The van der Waals surface area contributed by atoms with E-state index < -0.39 is 67.3 Å². The van der Waals surface area contributed by atoms with E-state index in [9.17, 15) is 34.5 Å². The van der Waals surface area contributed by atoms with Crippen LogP contribution in [-0.4, -0.2) is 89.2 Å². The van der Waals surface area contributed by atoms with Crippen molar-refractivity contribution >= 4 is 23.9 Å². The minimum absolute atomic E-state index is 0.0342. The summed E-state index contributed by atoms with van der Waals surface area (Å²) in [5.41, 5.74) is 0. The van der Waals surface area contributed by atoms with Crippen molar-refractivity contribution in [3.05, 3.63) is 122 Å². The number of aliphatic carboxylic acids is 1. The standard InChI is InChI=1S/C67H106O12/c1-4-7-10-13-16-19-22-25-28-30-33-35-38-41-44-47-50-53-59(68)75-56-58(77-60(69)54-51-48-45-42-39-36-32-27-24-21-18-15-12-9-6-3)57-76-67-65(63(72)62(71)64(79-67)66(73)74)78-61(70)55-52-49-46-43-40-37-34-31-29-26-23-20-17-14-11-8-5-2/h7,9-10,12,16-21,25-29,32,39,42,48,51,58,62-65,67,71-72H,4-6,8,11,13-15,22-24,30-31,33-38,40-41,43-47,49-50,52-57H2,1-3H3,(H,73,74)/b10-7-,12-9-,19-16-,20-17-,21-18-,28-25-,29-26-,32-27-,42-39-,51-48-. The van der Waals surface area contributed by atoms with Gasteiger partial charge in [0.15, 0.2) is 24.6 Å². The summed E-state index contributed by atoms with van der Waals surface area (Å²) < 4.78 is 28.3. The Hall–Kier alpha value is -4.88. The molecule has 0 saturated carbocycles. The monoisotopic (exact) mass is 1100 g/mol. The number of allylic oxidation sites excluding steroid dienone is 19. The second kappa shape index (κ2) is 53.7. The number of hydrogen-bond donors (Lipinski definition) is 3. The molecule has 3 N–H and O–H groups in total. The summed E-state index contributed by atoms with van der Waals surface area (Å²) in [5, 5.41) is 31.5. The van der Waals surface area contributed by atoms with Crippen LogP contribution < -0.4 is 0 Å². The van der Waals surface area contributed by atoms with E-state index in [0.717, 1.165) is 148 Å². The molecule has 446 valence electrons. The van der Waals surface area contributed by atoms with E-state index >= 15 is 0 Å². The van der Waals surface area contributed by atoms with Gasteiger partial charge in [-0.15, -0.1) is 0 Å². The molecule has 0 radical (unpaired) electrons. The van der Waals surface area contributed by atoms with E-state index in [1.165, 1.54) is 19.3 Å². The van der Waals surface area contributed by atoms with Crippen LogP contribution in [0.3, 0.4) is 0 Å². The lowest BCUT2D eigenvalue weighted by molar-refractivity contribution is -0.301. The molecule has 1 saturated heterocycles. The molecule has 0 aliphatic carbocycles. The van der Waals surface area contributed by atoms with Gasteiger partial charge in [0.25, 0.3) is 0 Å². The summed E-state index contributed by atoms with van der Waals surface area (Å²) in [5.74, 6) is -3.32. The first-order valence-corrected chi connectivity index (χ1v) is 30.5. The Balaban J connectivity index is 2.74. The van der Waals surface area contributed by atoms with Gasteiger partial charge in [-0.05, 0) is 109 Å². The first kappa shape index (κ1) is 72.1. The number of rotatable bonds is 50. The van der Waals surface area contributed by atoms with E-state index in [4.69, 9.17) is 23.7 Å². The predicted molar refractivity (Wildman–Crippen MR) is 321 cm³/mol. The molecule has 1 aliphatic heterocycles. The number of carbonyl (C=O) groups is 4.